The van der Waals surface area contributed by atoms with E-state index in [-0.39, 0.29) is 6.04 Å². The van der Waals surface area contributed by atoms with Crippen molar-refractivity contribution in [1.29, 1.82) is 0 Å². The maximum absolute atomic E-state index is 13.3. The number of nitrogens with zero attached hydrogens (tertiary/aromatic N) is 2. The number of likely N-dealkylation sites (tertiary alicyclic amines) is 2. The van der Waals surface area contributed by atoms with Gasteiger partial charge in [-0.1, -0.05) is 12.5 Å². The minimum Gasteiger partial charge on any atom is -0.493 e. The fraction of sp³-hybridized carbons (Fsp3) is 0.588. The number of alkyl halides is 3. The molecule has 3 heterocycles. The number of benzene rings is 2. The lowest BCUT2D eigenvalue weighted by Crippen LogP contribution is -2.51. The van der Waals surface area contributed by atoms with Crippen molar-refractivity contribution in [3.8, 4) is 22.8 Å². The van der Waals surface area contributed by atoms with Crippen LogP contribution in [0.2, 0.25) is 0 Å². The van der Waals surface area contributed by atoms with Crippen LogP contribution in [-0.2, 0) is 0 Å². The summed E-state index contributed by atoms with van der Waals surface area (Å²) in [6.45, 7) is 6.24. The van der Waals surface area contributed by atoms with Gasteiger partial charge in [-0.3, -0.25) is 0 Å². The topological polar surface area (TPSA) is 40.7 Å². The quantitative estimate of drug-likeness (QED) is 0.320. The van der Waals surface area contributed by atoms with Crippen molar-refractivity contribution in [2.45, 2.75) is 82.5 Å². The highest BCUT2D eigenvalue weighted by molar-refractivity contribution is 5.91. The summed E-state index contributed by atoms with van der Waals surface area (Å²) in [5.41, 5.74) is 5.97. The molecule has 2 atom stereocenters. The lowest BCUT2D eigenvalue weighted by molar-refractivity contribution is -0.187. The number of aromatic amines is 1. The first kappa shape index (κ1) is 29.4. The summed E-state index contributed by atoms with van der Waals surface area (Å²) in [5, 5.41) is 1.27. The molecule has 2 aliphatic heterocycles. The van der Waals surface area contributed by atoms with E-state index in [1.54, 1.807) is 14.2 Å². The highest BCUT2D eigenvalue weighted by atomic mass is 19.4. The summed E-state index contributed by atoms with van der Waals surface area (Å²) in [5.74, 6) is 0.874. The van der Waals surface area contributed by atoms with Gasteiger partial charge in [0.05, 0.1) is 20.1 Å². The summed E-state index contributed by atoms with van der Waals surface area (Å²) in [6, 6.07) is 13.6. The molecule has 2 saturated heterocycles. The first-order valence-corrected chi connectivity index (χ1v) is 15.6. The van der Waals surface area contributed by atoms with Gasteiger partial charge in [0.15, 0.2) is 11.5 Å². The minimum absolute atomic E-state index is 0.108. The van der Waals surface area contributed by atoms with Crippen molar-refractivity contribution in [3.05, 3.63) is 47.5 Å². The van der Waals surface area contributed by atoms with Crippen molar-refractivity contribution in [2.24, 2.45) is 5.92 Å². The molecule has 1 N–H and O–H groups in total. The Morgan fingerprint density at radius 1 is 0.786 bits per heavy atom. The smallest absolute Gasteiger partial charge is 0.391 e. The molecule has 6 rings (SSSR count). The van der Waals surface area contributed by atoms with Gasteiger partial charge in [0.25, 0.3) is 0 Å². The van der Waals surface area contributed by atoms with Crippen molar-refractivity contribution in [3.63, 3.8) is 0 Å². The first-order valence-electron chi connectivity index (χ1n) is 15.6. The second-order valence-electron chi connectivity index (χ2n) is 12.6. The van der Waals surface area contributed by atoms with Gasteiger partial charge in [-0.05, 0) is 125 Å². The molecule has 0 spiro atoms. The normalized spacial score (nSPS) is 23.9. The third kappa shape index (κ3) is 5.89. The third-order valence-electron chi connectivity index (χ3n) is 10.4. The molecule has 5 nitrogen and oxygen atoms in total. The minimum atomic E-state index is -4.04. The predicted octanol–water partition coefficient (Wildman–Crippen LogP) is 7.93. The molecule has 0 bridgehead atoms. The number of aromatic nitrogens is 1. The van der Waals surface area contributed by atoms with Crippen LogP contribution in [0.15, 0.2) is 36.4 Å². The number of hydrogen-bond acceptors (Lipinski definition) is 4. The molecule has 1 aromatic heterocycles. The number of piperidine rings is 2. The maximum atomic E-state index is 13.3. The van der Waals surface area contributed by atoms with E-state index in [4.69, 9.17) is 9.47 Å². The molecule has 3 aliphatic rings. The van der Waals surface area contributed by atoms with Crippen LogP contribution >= 0.6 is 0 Å². The summed E-state index contributed by atoms with van der Waals surface area (Å²) < 4.78 is 50.9. The van der Waals surface area contributed by atoms with Crippen LogP contribution in [-0.4, -0.2) is 73.4 Å². The number of rotatable bonds is 6. The molecule has 42 heavy (non-hydrogen) atoms. The van der Waals surface area contributed by atoms with Crippen molar-refractivity contribution in [1.82, 2.24) is 14.8 Å². The van der Waals surface area contributed by atoms with E-state index >= 15 is 0 Å². The molecular weight excluding hydrogens is 539 g/mol. The third-order valence-corrected chi connectivity index (χ3v) is 10.4. The average Bonchev–Trinajstić information content (AvgIpc) is 3.36. The Hall–Kier alpha value is -2.71. The molecule has 1 aliphatic carbocycles. The fourth-order valence-electron chi connectivity index (χ4n) is 7.89. The summed E-state index contributed by atoms with van der Waals surface area (Å²) in [7, 11) is 3.31. The van der Waals surface area contributed by atoms with Crippen molar-refractivity contribution in [2.75, 3.05) is 40.4 Å². The summed E-state index contributed by atoms with van der Waals surface area (Å²) >= 11 is 0. The van der Waals surface area contributed by atoms with Gasteiger partial charge in [-0.2, -0.15) is 13.2 Å². The SMILES string of the molecule is COc1ccc(-c2[nH]c3ccc(C4CCN(C5CCN(C6CCCC(C(F)(F)F)C6)CC5)CC4)cc3c2C)cc1OC. The van der Waals surface area contributed by atoms with Crippen LogP contribution in [0.4, 0.5) is 13.2 Å². The Labute approximate surface area is 247 Å². The van der Waals surface area contributed by atoms with Crippen LogP contribution < -0.4 is 9.47 Å². The van der Waals surface area contributed by atoms with Crippen LogP contribution in [0.5, 0.6) is 11.5 Å². The number of methoxy groups -OCH3 is 2. The maximum Gasteiger partial charge on any atom is 0.391 e. The lowest BCUT2D eigenvalue weighted by Gasteiger charge is -2.45. The van der Waals surface area contributed by atoms with E-state index in [9.17, 15) is 13.2 Å². The van der Waals surface area contributed by atoms with Gasteiger partial charge in [0.2, 0.25) is 0 Å². The first-order chi connectivity index (χ1) is 20.2. The van der Waals surface area contributed by atoms with Gasteiger partial charge in [-0.25, -0.2) is 0 Å². The number of ether oxygens (including phenoxy) is 2. The molecule has 228 valence electrons. The van der Waals surface area contributed by atoms with Crippen molar-refractivity contribution >= 4 is 10.9 Å². The zero-order valence-electron chi connectivity index (χ0n) is 25.1. The summed E-state index contributed by atoms with van der Waals surface area (Å²) in [6.07, 6.45) is 2.62. The number of fused-ring (bicyclic) bond motifs is 1. The molecule has 8 heteroatoms. The van der Waals surface area contributed by atoms with Gasteiger partial charge in [-0.15, -0.1) is 0 Å². The van der Waals surface area contributed by atoms with Crippen LogP contribution in [0, 0.1) is 12.8 Å². The van der Waals surface area contributed by atoms with E-state index < -0.39 is 12.1 Å². The van der Waals surface area contributed by atoms with Gasteiger partial charge in [0.1, 0.15) is 0 Å². The molecule has 2 unspecified atom stereocenters. The van der Waals surface area contributed by atoms with Gasteiger partial charge < -0.3 is 24.3 Å². The fourth-order valence-corrected chi connectivity index (χ4v) is 7.89. The molecular formula is C34H44F3N3O2. The zero-order chi connectivity index (χ0) is 29.4. The molecule has 3 fully saturated rings. The zero-order valence-corrected chi connectivity index (χ0v) is 25.1. The Kier molecular flexibility index (Phi) is 8.47. The Bertz CT molecular complexity index is 1370. The second-order valence-corrected chi connectivity index (χ2v) is 12.6. The van der Waals surface area contributed by atoms with Crippen molar-refractivity contribution < 1.29 is 22.6 Å². The van der Waals surface area contributed by atoms with E-state index in [0.717, 1.165) is 86.6 Å². The highest BCUT2D eigenvalue weighted by Gasteiger charge is 2.43. The number of aryl methyl sites for hydroxylation is 1. The highest BCUT2D eigenvalue weighted by Crippen LogP contribution is 2.41. The Morgan fingerprint density at radius 2 is 1.48 bits per heavy atom. The number of nitrogens with one attached hydrogen (secondary N) is 1. The van der Waals surface area contributed by atoms with E-state index in [1.807, 2.05) is 12.1 Å². The van der Waals surface area contributed by atoms with Crippen LogP contribution in [0.25, 0.3) is 22.2 Å². The molecule has 2 aromatic carbocycles. The molecule has 0 radical (unpaired) electrons. The molecule has 3 aromatic rings. The Morgan fingerprint density at radius 3 is 2.17 bits per heavy atom. The Balaban J connectivity index is 1.06. The molecule has 1 saturated carbocycles. The van der Waals surface area contributed by atoms with E-state index in [0.29, 0.717) is 31.2 Å². The monoisotopic (exact) mass is 583 g/mol. The number of H-pyrrole nitrogens is 1. The number of halogens is 3. The second kappa shape index (κ2) is 12.1. The van der Waals surface area contributed by atoms with E-state index in [1.165, 1.54) is 16.5 Å². The largest absolute Gasteiger partial charge is 0.493 e. The van der Waals surface area contributed by atoms with Crippen LogP contribution in [0.3, 0.4) is 0 Å². The van der Waals surface area contributed by atoms with Gasteiger partial charge in [0, 0.05) is 34.2 Å². The van der Waals surface area contributed by atoms with E-state index in [2.05, 4.69) is 46.0 Å². The summed E-state index contributed by atoms with van der Waals surface area (Å²) in [4.78, 5) is 8.64. The average molecular weight is 584 g/mol. The molecule has 0 amide bonds. The lowest BCUT2D eigenvalue weighted by atomic mass is 9.83. The standard InChI is InChI=1S/C34H44F3N3O2/c1-22-29-19-24(7-9-30(29)38-33(22)25-8-10-31(41-2)32(20-25)42-3)23-11-15-39(16-12-23)27-13-17-40(18-14-27)28-6-4-5-26(21-28)34(35,36)37/h7-10,19-20,23,26-28,38H,4-6,11-18,21H2,1-3H3. The number of hydrogen-bond donors (Lipinski definition) is 1. The van der Waals surface area contributed by atoms with Gasteiger partial charge >= 0.3 is 6.18 Å². The predicted molar refractivity (Wildman–Crippen MR) is 162 cm³/mol. The van der Waals surface area contributed by atoms with Crippen LogP contribution in [0.1, 0.15) is 68.4 Å².